The third kappa shape index (κ3) is 2.72. The number of fused-ring (bicyclic) bond motifs is 3. The summed E-state index contributed by atoms with van der Waals surface area (Å²) in [5.74, 6) is 0.875. The fraction of sp³-hybridized carbons (Fsp3) is 0.450. The van der Waals surface area contributed by atoms with E-state index < -0.39 is 5.72 Å². The molecule has 1 aromatic heterocycles. The van der Waals surface area contributed by atoms with Crippen LogP contribution >= 0.6 is 11.3 Å². The highest BCUT2D eigenvalue weighted by Crippen LogP contribution is 2.52. The van der Waals surface area contributed by atoms with E-state index in [4.69, 9.17) is 4.74 Å². The third-order valence-electron chi connectivity index (χ3n) is 6.16. The number of para-hydroxylation sites is 1. The van der Waals surface area contributed by atoms with E-state index in [-0.39, 0.29) is 29.6 Å². The van der Waals surface area contributed by atoms with Crippen LogP contribution in [-0.4, -0.2) is 22.5 Å². The standard InChI is InChI=1S/C20H21N3O3S/c1-11-10-21-19(27-11)22-17(24)15-8-13-7-6-12(15)9-20(13)23-18(25)14-4-2-3-5-16(14)26-20/h2-5,10,12-13,15H,6-9H2,1H3,(H,23,25)(H,21,22,24). The van der Waals surface area contributed by atoms with Gasteiger partial charge in [0.2, 0.25) is 5.91 Å². The fourth-order valence-corrected chi connectivity index (χ4v) is 5.56. The number of benzene rings is 1. The Morgan fingerprint density at radius 2 is 2.22 bits per heavy atom. The van der Waals surface area contributed by atoms with E-state index in [2.05, 4.69) is 15.6 Å². The van der Waals surface area contributed by atoms with Crippen LogP contribution in [0.4, 0.5) is 5.13 Å². The van der Waals surface area contributed by atoms with Crippen molar-refractivity contribution < 1.29 is 14.3 Å². The molecule has 27 heavy (non-hydrogen) atoms. The molecule has 2 aromatic rings. The van der Waals surface area contributed by atoms with Gasteiger partial charge in [-0.3, -0.25) is 9.59 Å². The minimum absolute atomic E-state index is 0.0384. The Bertz CT molecular complexity index is 927. The average Bonchev–Trinajstić information content (AvgIpc) is 3.06. The molecule has 3 fully saturated rings. The summed E-state index contributed by atoms with van der Waals surface area (Å²) in [6.45, 7) is 1.97. The molecular formula is C20H21N3O3S. The van der Waals surface area contributed by atoms with Crippen LogP contribution in [0.15, 0.2) is 30.5 Å². The van der Waals surface area contributed by atoms with Crippen molar-refractivity contribution in [3.8, 4) is 5.75 Å². The topological polar surface area (TPSA) is 80.3 Å². The number of nitrogens with one attached hydrogen (secondary N) is 2. The highest BCUT2D eigenvalue weighted by Gasteiger charge is 2.57. The highest BCUT2D eigenvalue weighted by molar-refractivity contribution is 7.15. The van der Waals surface area contributed by atoms with E-state index in [9.17, 15) is 9.59 Å². The molecule has 3 saturated carbocycles. The molecule has 4 atom stereocenters. The van der Waals surface area contributed by atoms with Crippen molar-refractivity contribution in [2.24, 2.45) is 17.8 Å². The molecule has 6 nitrogen and oxygen atoms in total. The molecule has 4 unspecified atom stereocenters. The van der Waals surface area contributed by atoms with Crippen molar-refractivity contribution in [1.29, 1.82) is 0 Å². The molecule has 1 aliphatic heterocycles. The SMILES string of the molecule is Cc1cnc(NC(=O)C2CC3CCC2CC32NC(=O)c3ccccc3O2)s1. The summed E-state index contributed by atoms with van der Waals surface area (Å²) in [5, 5.41) is 6.76. The third-order valence-corrected chi connectivity index (χ3v) is 6.98. The number of aryl methyl sites for hydroxylation is 1. The number of amides is 2. The van der Waals surface area contributed by atoms with Gasteiger partial charge in [-0.25, -0.2) is 4.98 Å². The number of rotatable bonds is 2. The first kappa shape index (κ1) is 16.7. The number of anilines is 1. The maximum Gasteiger partial charge on any atom is 0.258 e. The summed E-state index contributed by atoms with van der Waals surface area (Å²) < 4.78 is 6.34. The monoisotopic (exact) mass is 383 g/mol. The molecule has 0 radical (unpaired) electrons. The zero-order valence-corrected chi connectivity index (χ0v) is 15.8. The molecule has 140 valence electrons. The predicted octanol–water partition coefficient (Wildman–Crippen LogP) is 3.34. The first-order chi connectivity index (χ1) is 13.0. The molecule has 2 N–H and O–H groups in total. The molecule has 2 amide bonds. The first-order valence-corrected chi connectivity index (χ1v) is 10.2. The van der Waals surface area contributed by atoms with Crippen LogP contribution in [0.25, 0.3) is 0 Å². The Balaban J connectivity index is 1.36. The molecular weight excluding hydrogens is 362 g/mol. The summed E-state index contributed by atoms with van der Waals surface area (Å²) in [6.07, 6.45) is 5.12. The van der Waals surface area contributed by atoms with Crippen LogP contribution in [-0.2, 0) is 4.79 Å². The van der Waals surface area contributed by atoms with Crippen LogP contribution in [0.1, 0.15) is 40.9 Å². The van der Waals surface area contributed by atoms with Crippen LogP contribution < -0.4 is 15.4 Å². The van der Waals surface area contributed by atoms with Gasteiger partial charge >= 0.3 is 0 Å². The van der Waals surface area contributed by atoms with Gasteiger partial charge in [-0.2, -0.15) is 0 Å². The lowest BCUT2D eigenvalue weighted by atomic mass is 9.60. The van der Waals surface area contributed by atoms with Crippen molar-refractivity contribution in [1.82, 2.24) is 10.3 Å². The largest absolute Gasteiger partial charge is 0.467 e. The number of thiazole rings is 1. The van der Waals surface area contributed by atoms with Gasteiger partial charge in [-0.1, -0.05) is 12.1 Å². The molecule has 2 heterocycles. The van der Waals surface area contributed by atoms with Crippen LogP contribution in [0.2, 0.25) is 0 Å². The second kappa shape index (κ2) is 6.05. The van der Waals surface area contributed by atoms with Gasteiger partial charge in [0.05, 0.1) is 5.56 Å². The summed E-state index contributed by atoms with van der Waals surface area (Å²) in [5.41, 5.74) is -0.0962. The predicted molar refractivity (Wildman–Crippen MR) is 102 cm³/mol. The van der Waals surface area contributed by atoms with Crippen LogP contribution in [0.5, 0.6) is 5.75 Å². The highest BCUT2D eigenvalue weighted by atomic mass is 32.1. The summed E-state index contributed by atoms with van der Waals surface area (Å²) >= 11 is 1.49. The molecule has 1 spiro atoms. The fourth-order valence-electron chi connectivity index (χ4n) is 4.89. The Morgan fingerprint density at radius 3 is 2.96 bits per heavy atom. The molecule has 7 heteroatoms. The smallest absolute Gasteiger partial charge is 0.258 e. The molecule has 0 saturated heterocycles. The van der Waals surface area contributed by atoms with Gasteiger partial charge in [0, 0.05) is 29.3 Å². The first-order valence-electron chi connectivity index (χ1n) is 9.38. The van der Waals surface area contributed by atoms with Crippen molar-refractivity contribution in [3.63, 3.8) is 0 Å². The van der Waals surface area contributed by atoms with Crippen molar-refractivity contribution in [3.05, 3.63) is 40.9 Å². The van der Waals surface area contributed by atoms with E-state index >= 15 is 0 Å². The van der Waals surface area contributed by atoms with Crippen LogP contribution in [0, 0.1) is 24.7 Å². The Kier molecular flexibility index (Phi) is 3.75. The Morgan fingerprint density at radius 1 is 1.37 bits per heavy atom. The number of aromatic nitrogens is 1. The van der Waals surface area contributed by atoms with Crippen molar-refractivity contribution >= 4 is 28.3 Å². The second-order valence-corrected chi connectivity index (χ2v) is 9.02. The number of carbonyl (C=O) groups excluding carboxylic acids is 2. The average molecular weight is 383 g/mol. The number of nitrogens with zero attached hydrogens (tertiary/aromatic N) is 1. The molecule has 2 bridgehead atoms. The van der Waals surface area contributed by atoms with Gasteiger partial charge in [-0.05, 0) is 44.2 Å². The van der Waals surface area contributed by atoms with E-state index in [0.717, 1.165) is 24.1 Å². The van der Waals surface area contributed by atoms with Gasteiger partial charge in [0.15, 0.2) is 10.9 Å². The molecule has 4 aliphatic rings. The van der Waals surface area contributed by atoms with Gasteiger partial charge < -0.3 is 15.4 Å². The quantitative estimate of drug-likeness (QED) is 0.833. The zero-order chi connectivity index (χ0) is 18.6. The number of hydrogen-bond donors (Lipinski definition) is 2. The zero-order valence-electron chi connectivity index (χ0n) is 15.0. The maximum absolute atomic E-state index is 12.8. The molecule has 3 aliphatic carbocycles. The summed E-state index contributed by atoms with van der Waals surface area (Å²) in [4.78, 5) is 30.8. The van der Waals surface area contributed by atoms with Crippen LogP contribution in [0.3, 0.4) is 0 Å². The molecule has 6 rings (SSSR count). The summed E-state index contributed by atoms with van der Waals surface area (Å²) in [7, 11) is 0. The minimum Gasteiger partial charge on any atom is -0.467 e. The minimum atomic E-state index is -0.678. The van der Waals surface area contributed by atoms with Gasteiger partial charge in [0.1, 0.15) is 5.75 Å². The Labute approximate surface area is 161 Å². The Hall–Kier alpha value is -2.41. The number of ether oxygens (including phenoxy) is 1. The van der Waals surface area contributed by atoms with Gasteiger partial charge in [0.25, 0.3) is 5.91 Å². The van der Waals surface area contributed by atoms with E-state index in [1.54, 1.807) is 12.3 Å². The van der Waals surface area contributed by atoms with Crippen molar-refractivity contribution in [2.45, 2.75) is 38.3 Å². The number of hydrogen-bond acceptors (Lipinski definition) is 5. The molecule has 1 aromatic carbocycles. The maximum atomic E-state index is 12.8. The summed E-state index contributed by atoms with van der Waals surface area (Å²) in [6, 6.07) is 7.37. The normalized spacial score (nSPS) is 31.1. The van der Waals surface area contributed by atoms with E-state index in [1.165, 1.54) is 11.3 Å². The lowest BCUT2D eigenvalue weighted by molar-refractivity contribution is -0.142. The van der Waals surface area contributed by atoms with E-state index in [1.807, 2.05) is 25.1 Å². The van der Waals surface area contributed by atoms with Gasteiger partial charge in [-0.15, -0.1) is 11.3 Å². The van der Waals surface area contributed by atoms with E-state index in [0.29, 0.717) is 22.9 Å². The number of carbonyl (C=O) groups is 2. The lowest BCUT2D eigenvalue weighted by Gasteiger charge is -2.55. The van der Waals surface area contributed by atoms with Crippen molar-refractivity contribution in [2.75, 3.05) is 5.32 Å². The lowest BCUT2D eigenvalue weighted by Crippen LogP contribution is -2.66. The second-order valence-electron chi connectivity index (χ2n) is 7.79.